The van der Waals surface area contributed by atoms with E-state index in [1.807, 2.05) is 0 Å². The first-order valence-corrected chi connectivity index (χ1v) is 11.1. The van der Waals surface area contributed by atoms with Gasteiger partial charge in [-0.25, -0.2) is 18.2 Å². The summed E-state index contributed by atoms with van der Waals surface area (Å²) < 4.78 is 36.8. The van der Waals surface area contributed by atoms with Crippen molar-refractivity contribution in [3.8, 4) is 5.75 Å². The predicted octanol–water partition coefficient (Wildman–Crippen LogP) is 2.99. The number of esters is 2. The third kappa shape index (κ3) is 5.07. The normalized spacial score (nSPS) is 15.2. The van der Waals surface area contributed by atoms with Crippen LogP contribution < -0.4 is 4.74 Å². The number of hydrogen-bond donors (Lipinski definition) is 0. The Morgan fingerprint density at radius 1 is 1.06 bits per heavy atom. The van der Waals surface area contributed by atoms with E-state index in [0.717, 1.165) is 0 Å². The quantitative estimate of drug-likeness (QED) is 0.371. The van der Waals surface area contributed by atoms with Gasteiger partial charge in [-0.05, 0) is 48.0 Å². The maximum atomic E-state index is 12.6. The molecule has 31 heavy (non-hydrogen) atoms. The number of benzene rings is 2. The van der Waals surface area contributed by atoms with Crippen LogP contribution >= 0.6 is 0 Å². The summed E-state index contributed by atoms with van der Waals surface area (Å²) in [5, 5.41) is 0. The van der Waals surface area contributed by atoms with Crippen LogP contribution in [0.4, 0.5) is 0 Å². The fourth-order valence-corrected chi connectivity index (χ4v) is 4.43. The molecule has 1 aliphatic heterocycles. The molecule has 162 valence electrons. The second kappa shape index (κ2) is 9.23. The Balaban J connectivity index is 1.81. The number of rotatable bonds is 7. The van der Waals surface area contributed by atoms with Crippen molar-refractivity contribution in [3.63, 3.8) is 0 Å². The molecule has 1 aliphatic rings. The average Bonchev–Trinajstić information content (AvgIpc) is 3.10. The Morgan fingerprint density at radius 3 is 2.23 bits per heavy atom. The van der Waals surface area contributed by atoms with E-state index in [4.69, 9.17) is 9.47 Å². The highest BCUT2D eigenvalue weighted by atomic mass is 32.2. The fourth-order valence-electron chi connectivity index (χ4n) is 2.97. The molecule has 0 saturated heterocycles. The maximum absolute atomic E-state index is 12.6. The molecule has 0 spiro atoms. The summed E-state index contributed by atoms with van der Waals surface area (Å²) in [6.07, 6.45) is 1.55. The average molecular weight is 442 g/mol. The number of carbonyl (C=O) groups excluding carboxylic acids is 2. The zero-order chi connectivity index (χ0) is 22.6. The molecule has 1 heterocycles. The Hall–Kier alpha value is -3.30. The number of nitrogens with zero attached hydrogens (tertiary/aromatic N) is 2. The molecule has 0 radical (unpaired) electrons. The number of aliphatic imine (C=N–C) groups is 1. The van der Waals surface area contributed by atoms with Crippen molar-refractivity contribution in [2.45, 2.75) is 25.7 Å². The topological polar surface area (TPSA) is 102 Å². The van der Waals surface area contributed by atoms with Crippen molar-refractivity contribution in [2.24, 2.45) is 4.99 Å². The van der Waals surface area contributed by atoms with Crippen LogP contribution in [-0.4, -0.2) is 43.6 Å². The van der Waals surface area contributed by atoms with Crippen molar-refractivity contribution >= 4 is 33.9 Å². The molecule has 2 aromatic rings. The number of carbonyl (C=O) groups is 2. The Bertz CT molecular complexity index is 1150. The lowest BCUT2D eigenvalue weighted by molar-refractivity contribution is -0.132. The van der Waals surface area contributed by atoms with Gasteiger partial charge >= 0.3 is 11.9 Å². The zero-order valence-corrected chi connectivity index (χ0v) is 18.2. The molecule has 0 aromatic heterocycles. The van der Waals surface area contributed by atoms with E-state index in [2.05, 4.69) is 4.99 Å². The van der Waals surface area contributed by atoms with Gasteiger partial charge in [0, 0.05) is 25.6 Å². The van der Waals surface area contributed by atoms with Gasteiger partial charge in [-0.3, -0.25) is 4.79 Å². The molecule has 2 aromatic carbocycles. The standard InChI is InChI=1S/C22H22N2O6S/c1-4-24(5-2)31(27,28)19-12-8-17(9-13-19)21-23-20(22(26)30-21)14-16-6-10-18(11-7-16)29-15(3)25/h6-14H,4-5H2,1-3H3/b20-14-. The first-order valence-electron chi connectivity index (χ1n) is 9.66. The highest BCUT2D eigenvalue weighted by Gasteiger charge is 2.26. The van der Waals surface area contributed by atoms with E-state index >= 15 is 0 Å². The van der Waals surface area contributed by atoms with Gasteiger partial charge < -0.3 is 9.47 Å². The molecular weight excluding hydrogens is 420 g/mol. The van der Waals surface area contributed by atoms with Gasteiger partial charge in [0.05, 0.1) is 4.90 Å². The number of cyclic esters (lactones) is 1. The molecule has 0 aliphatic carbocycles. The molecular formula is C22H22N2O6S. The summed E-state index contributed by atoms with van der Waals surface area (Å²) in [6, 6.07) is 12.6. The minimum atomic E-state index is -3.57. The van der Waals surface area contributed by atoms with Gasteiger partial charge in [0.15, 0.2) is 5.70 Å². The fraction of sp³-hybridized carbons (Fsp3) is 0.227. The van der Waals surface area contributed by atoms with E-state index in [0.29, 0.717) is 30.0 Å². The molecule has 9 heteroatoms. The molecule has 0 saturated carbocycles. The summed E-state index contributed by atoms with van der Waals surface area (Å²) in [4.78, 5) is 27.6. The van der Waals surface area contributed by atoms with Gasteiger partial charge in [0.25, 0.3) is 0 Å². The van der Waals surface area contributed by atoms with Crippen LogP contribution in [0.15, 0.2) is 64.1 Å². The van der Waals surface area contributed by atoms with Gasteiger partial charge in [0.2, 0.25) is 15.9 Å². The molecule has 0 amide bonds. The Morgan fingerprint density at radius 2 is 1.68 bits per heavy atom. The van der Waals surface area contributed by atoms with Crippen molar-refractivity contribution in [3.05, 3.63) is 65.4 Å². The van der Waals surface area contributed by atoms with Gasteiger partial charge in [-0.2, -0.15) is 4.31 Å². The summed E-state index contributed by atoms with van der Waals surface area (Å²) >= 11 is 0. The summed E-state index contributed by atoms with van der Waals surface area (Å²) in [6.45, 7) is 5.62. The van der Waals surface area contributed by atoms with Crippen LogP contribution in [-0.2, 0) is 24.3 Å². The largest absolute Gasteiger partial charge is 0.427 e. The smallest absolute Gasteiger partial charge is 0.363 e. The monoisotopic (exact) mass is 442 g/mol. The second-order valence-corrected chi connectivity index (χ2v) is 8.55. The van der Waals surface area contributed by atoms with Gasteiger partial charge in [-0.1, -0.05) is 26.0 Å². The molecule has 0 bridgehead atoms. The van der Waals surface area contributed by atoms with E-state index in [9.17, 15) is 18.0 Å². The predicted molar refractivity (Wildman–Crippen MR) is 115 cm³/mol. The molecule has 8 nitrogen and oxygen atoms in total. The molecule has 0 fully saturated rings. The SMILES string of the molecule is CCN(CC)S(=O)(=O)c1ccc(C2=N/C(=C\c3ccc(OC(C)=O)cc3)C(=O)O2)cc1. The van der Waals surface area contributed by atoms with Crippen molar-refractivity contribution in [1.82, 2.24) is 4.31 Å². The third-order valence-corrected chi connectivity index (χ3v) is 6.57. The van der Waals surface area contributed by atoms with E-state index in [-0.39, 0.29) is 16.5 Å². The Kier molecular flexibility index (Phi) is 6.67. The second-order valence-electron chi connectivity index (χ2n) is 6.61. The third-order valence-electron chi connectivity index (χ3n) is 4.51. The first kappa shape index (κ1) is 22.4. The number of ether oxygens (including phenoxy) is 2. The van der Waals surface area contributed by atoms with E-state index < -0.39 is 22.0 Å². The van der Waals surface area contributed by atoms with Crippen LogP contribution in [0.25, 0.3) is 6.08 Å². The first-order chi connectivity index (χ1) is 14.7. The molecule has 3 rings (SSSR count). The number of hydrogen-bond acceptors (Lipinski definition) is 7. The summed E-state index contributed by atoms with van der Waals surface area (Å²) in [5.41, 5.74) is 1.27. The van der Waals surface area contributed by atoms with Gasteiger partial charge in [-0.15, -0.1) is 0 Å². The summed E-state index contributed by atoms with van der Waals surface area (Å²) in [7, 11) is -3.57. The van der Waals surface area contributed by atoms with Crippen molar-refractivity contribution in [2.75, 3.05) is 13.1 Å². The van der Waals surface area contributed by atoms with Crippen LogP contribution in [0.3, 0.4) is 0 Å². The molecule has 0 unspecified atom stereocenters. The minimum Gasteiger partial charge on any atom is -0.427 e. The van der Waals surface area contributed by atoms with Gasteiger partial charge in [0.1, 0.15) is 5.75 Å². The van der Waals surface area contributed by atoms with Crippen LogP contribution in [0.1, 0.15) is 31.9 Å². The highest BCUT2D eigenvalue weighted by Crippen LogP contribution is 2.22. The zero-order valence-electron chi connectivity index (χ0n) is 17.4. The van der Waals surface area contributed by atoms with Crippen molar-refractivity contribution in [1.29, 1.82) is 0 Å². The highest BCUT2D eigenvalue weighted by molar-refractivity contribution is 7.89. The Labute approximate surface area is 180 Å². The minimum absolute atomic E-state index is 0.0968. The van der Waals surface area contributed by atoms with Crippen LogP contribution in [0, 0.1) is 0 Å². The number of sulfonamides is 1. The van der Waals surface area contributed by atoms with Crippen molar-refractivity contribution < 1.29 is 27.5 Å². The van der Waals surface area contributed by atoms with Crippen LogP contribution in [0.5, 0.6) is 5.75 Å². The summed E-state index contributed by atoms with van der Waals surface area (Å²) in [5.74, 6) is -0.540. The lowest BCUT2D eigenvalue weighted by atomic mass is 10.2. The molecule has 0 N–H and O–H groups in total. The van der Waals surface area contributed by atoms with E-state index in [1.165, 1.54) is 23.4 Å². The lowest BCUT2D eigenvalue weighted by Gasteiger charge is -2.18. The molecule has 0 atom stereocenters. The van der Waals surface area contributed by atoms with E-state index in [1.54, 1.807) is 56.3 Å². The van der Waals surface area contributed by atoms with Crippen LogP contribution in [0.2, 0.25) is 0 Å². The lowest BCUT2D eigenvalue weighted by Crippen LogP contribution is -2.30. The maximum Gasteiger partial charge on any atom is 0.363 e.